The topological polar surface area (TPSA) is 84.7 Å². The van der Waals surface area contributed by atoms with Gasteiger partial charge >= 0.3 is 0 Å². The Kier molecular flexibility index (Phi) is 6.07. The van der Waals surface area contributed by atoms with Crippen molar-refractivity contribution in [2.45, 2.75) is 38.8 Å². The van der Waals surface area contributed by atoms with Gasteiger partial charge in [0.2, 0.25) is 11.8 Å². The van der Waals surface area contributed by atoms with Crippen LogP contribution in [0.1, 0.15) is 26.7 Å². The lowest BCUT2D eigenvalue weighted by Gasteiger charge is -2.35. The number of nitrogens with zero attached hydrogens (tertiary/aromatic N) is 1. The Morgan fingerprint density at radius 1 is 1.50 bits per heavy atom. The maximum atomic E-state index is 12.2. The highest BCUT2D eigenvalue weighted by molar-refractivity contribution is 5.90. The van der Waals surface area contributed by atoms with Crippen LogP contribution in [0.3, 0.4) is 0 Å². The van der Waals surface area contributed by atoms with Crippen LogP contribution in [0, 0.1) is 0 Å². The molecule has 104 valence electrons. The predicted octanol–water partition coefficient (Wildman–Crippen LogP) is -0.523. The Morgan fingerprint density at radius 2 is 2.22 bits per heavy atom. The fourth-order valence-electron chi connectivity index (χ4n) is 2.02. The maximum absolute atomic E-state index is 12.2. The minimum Gasteiger partial charge on any atom is -0.377 e. The molecule has 0 aromatic rings. The minimum atomic E-state index is -0.547. The van der Waals surface area contributed by atoms with E-state index < -0.39 is 12.1 Å². The molecule has 0 aromatic carbocycles. The van der Waals surface area contributed by atoms with Gasteiger partial charge in [0.1, 0.15) is 6.04 Å². The molecule has 0 bridgehead atoms. The molecule has 0 spiro atoms. The molecule has 3 N–H and O–H groups in total. The molecule has 1 heterocycles. The average molecular weight is 257 g/mol. The summed E-state index contributed by atoms with van der Waals surface area (Å²) in [4.78, 5) is 25.6. The van der Waals surface area contributed by atoms with Gasteiger partial charge in [-0.2, -0.15) is 0 Å². The molecule has 6 nitrogen and oxygen atoms in total. The molecule has 2 atom stereocenters. The average Bonchev–Trinajstić information content (AvgIpc) is 2.38. The summed E-state index contributed by atoms with van der Waals surface area (Å²) in [5, 5.41) is 2.72. The first kappa shape index (κ1) is 14.9. The van der Waals surface area contributed by atoms with Gasteiger partial charge in [0.05, 0.1) is 19.3 Å². The second-order valence-electron chi connectivity index (χ2n) is 4.41. The van der Waals surface area contributed by atoms with Crippen LogP contribution < -0.4 is 11.1 Å². The van der Waals surface area contributed by atoms with Crippen LogP contribution in [0.15, 0.2) is 0 Å². The number of rotatable bonds is 5. The van der Waals surface area contributed by atoms with Crippen LogP contribution in [0.4, 0.5) is 0 Å². The first-order valence-corrected chi connectivity index (χ1v) is 6.53. The summed E-state index contributed by atoms with van der Waals surface area (Å²) in [5.74, 6) is -0.328. The number of carbonyl (C=O) groups is 2. The molecule has 1 rings (SSSR count). The Morgan fingerprint density at radius 3 is 2.83 bits per heavy atom. The van der Waals surface area contributed by atoms with Crippen LogP contribution >= 0.6 is 0 Å². The monoisotopic (exact) mass is 257 g/mol. The van der Waals surface area contributed by atoms with Gasteiger partial charge in [-0.1, -0.05) is 13.3 Å². The molecule has 1 aliphatic rings. The zero-order chi connectivity index (χ0) is 13.5. The maximum Gasteiger partial charge on any atom is 0.245 e. The Labute approximate surface area is 108 Å². The van der Waals surface area contributed by atoms with Gasteiger partial charge in [-0.05, 0) is 13.3 Å². The SMILES string of the molecule is CCC[C@H](N)C(=O)N1CCOCC1C(=O)NCC. The fourth-order valence-corrected chi connectivity index (χ4v) is 2.02. The first-order chi connectivity index (χ1) is 8.61. The zero-order valence-electron chi connectivity index (χ0n) is 11.1. The van der Waals surface area contributed by atoms with E-state index in [0.29, 0.717) is 26.1 Å². The number of nitrogens with two attached hydrogens (primary N) is 1. The number of morpholine rings is 1. The summed E-state index contributed by atoms with van der Waals surface area (Å²) in [5.41, 5.74) is 5.83. The second kappa shape index (κ2) is 7.33. The van der Waals surface area contributed by atoms with Crippen LogP contribution in [0.2, 0.25) is 0 Å². The van der Waals surface area contributed by atoms with Crippen LogP contribution in [0.25, 0.3) is 0 Å². The lowest BCUT2D eigenvalue weighted by molar-refractivity contribution is -0.149. The quantitative estimate of drug-likeness (QED) is 0.694. The van der Waals surface area contributed by atoms with Gasteiger partial charge in [0, 0.05) is 13.1 Å². The summed E-state index contributed by atoms with van der Waals surface area (Å²) in [6.07, 6.45) is 1.49. The Bertz CT molecular complexity index is 296. The predicted molar refractivity (Wildman–Crippen MR) is 67.9 cm³/mol. The van der Waals surface area contributed by atoms with Crippen molar-refractivity contribution in [3.8, 4) is 0 Å². The van der Waals surface area contributed by atoms with E-state index in [1.165, 1.54) is 0 Å². The Hall–Kier alpha value is -1.14. The van der Waals surface area contributed by atoms with Gasteiger partial charge in [-0.15, -0.1) is 0 Å². The van der Waals surface area contributed by atoms with Crippen molar-refractivity contribution >= 4 is 11.8 Å². The molecule has 0 aromatic heterocycles. The second-order valence-corrected chi connectivity index (χ2v) is 4.41. The molecule has 1 aliphatic heterocycles. The summed E-state index contributed by atoms with van der Waals surface area (Å²) in [6.45, 7) is 5.50. The standard InChI is InChI=1S/C12H23N3O3/c1-3-5-9(13)12(17)15-6-7-18-8-10(15)11(16)14-4-2/h9-10H,3-8,13H2,1-2H3,(H,14,16)/t9-,10?/m0/s1. The first-order valence-electron chi connectivity index (χ1n) is 6.53. The van der Waals surface area contributed by atoms with E-state index in [1.807, 2.05) is 13.8 Å². The number of likely N-dealkylation sites (N-methyl/N-ethyl adjacent to an activating group) is 1. The summed E-state index contributed by atoms with van der Waals surface area (Å²) in [6, 6.07) is -1.07. The van der Waals surface area contributed by atoms with Gasteiger partial charge < -0.3 is 20.7 Å². The molecular formula is C12H23N3O3. The molecule has 6 heteroatoms. The molecule has 1 unspecified atom stereocenters. The van der Waals surface area contributed by atoms with Crippen LogP contribution in [-0.2, 0) is 14.3 Å². The molecule has 0 aliphatic carbocycles. The van der Waals surface area contributed by atoms with E-state index in [-0.39, 0.29) is 18.4 Å². The highest BCUT2D eigenvalue weighted by Gasteiger charge is 2.34. The Balaban J connectivity index is 2.69. The number of nitrogens with one attached hydrogen (secondary N) is 1. The van der Waals surface area contributed by atoms with E-state index in [4.69, 9.17) is 10.5 Å². The summed E-state index contributed by atoms with van der Waals surface area (Å²) >= 11 is 0. The van der Waals surface area contributed by atoms with Gasteiger partial charge in [0.15, 0.2) is 0 Å². The summed E-state index contributed by atoms with van der Waals surface area (Å²) in [7, 11) is 0. The van der Waals surface area contributed by atoms with E-state index in [9.17, 15) is 9.59 Å². The normalized spacial score (nSPS) is 21.5. The smallest absolute Gasteiger partial charge is 0.245 e. The lowest BCUT2D eigenvalue weighted by Crippen LogP contribution is -2.59. The molecule has 1 fully saturated rings. The number of hydrogen-bond donors (Lipinski definition) is 2. The highest BCUT2D eigenvalue weighted by atomic mass is 16.5. The minimum absolute atomic E-state index is 0.156. The molecule has 1 saturated heterocycles. The van der Waals surface area contributed by atoms with Crippen LogP contribution in [-0.4, -0.2) is 55.1 Å². The third-order valence-corrected chi connectivity index (χ3v) is 2.98. The van der Waals surface area contributed by atoms with Gasteiger partial charge in [0.25, 0.3) is 0 Å². The van der Waals surface area contributed by atoms with Crippen molar-refractivity contribution in [2.24, 2.45) is 5.73 Å². The van der Waals surface area contributed by atoms with Crippen molar-refractivity contribution in [2.75, 3.05) is 26.3 Å². The van der Waals surface area contributed by atoms with Gasteiger partial charge in [-0.3, -0.25) is 9.59 Å². The summed E-state index contributed by atoms with van der Waals surface area (Å²) < 4.78 is 5.27. The van der Waals surface area contributed by atoms with Crippen molar-refractivity contribution in [3.63, 3.8) is 0 Å². The van der Waals surface area contributed by atoms with E-state index >= 15 is 0 Å². The largest absolute Gasteiger partial charge is 0.377 e. The number of ether oxygens (including phenoxy) is 1. The molecule has 0 radical (unpaired) electrons. The van der Waals surface area contributed by atoms with Crippen LogP contribution in [0.5, 0.6) is 0 Å². The van der Waals surface area contributed by atoms with Crippen molar-refractivity contribution < 1.29 is 14.3 Å². The number of carbonyl (C=O) groups excluding carboxylic acids is 2. The number of amides is 2. The molecule has 0 saturated carbocycles. The highest BCUT2D eigenvalue weighted by Crippen LogP contribution is 2.10. The molecule has 18 heavy (non-hydrogen) atoms. The molecular weight excluding hydrogens is 234 g/mol. The van der Waals surface area contributed by atoms with Crippen molar-refractivity contribution in [1.29, 1.82) is 0 Å². The third-order valence-electron chi connectivity index (χ3n) is 2.98. The molecule has 2 amide bonds. The zero-order valence-corrected chi connectivity index (χ0v) is 11.1. The van der Waals surface area contributed by atoms with Crippen molar-refractivity contribution in [3.05, 3.63) is 0 Å². The van der Waals surface area contributed by atoms with Gasteiger partial charge in [-0.25, -0.2) is 0 Å². The van der Waals surface area contributed by atoms with E-state index in [2.05, 4.69) is 5.32 Å². The third kappa shape index (κ3) is 3.68. The number of hydrogen-bond acceptors (Lipinski definition) is 4. The lowest BCUT2D eigenvalue weighted by atomic mass is 10.1. The van der Waals surface area contributed by atoms with E-state index in [1.54, 1.807) is 4.90 Å². The van der Waals surface area contributed by atoms with Crippen molar-refractivity contribution in [1.82, 2.24) is 10.2 Å². The van der Waals surface area contributed by atoms with E-state index in [0.717, 1.165) is 6.42 Å². The fraction of sp³-hybridized carbons (Fsp3) is 0.833.